The average Bonchev–Trinajstić information content (AvgIpc) is 3.04. The van der Waals surface area contributed by atoms with Crippen LogP contribution in [0.5, 0.6) is 5.75 Å². The van der Waals surface area contributed by atoms with Crippen molar-refractivity contribution < 1.29 is 18.7 Å². The van der Waals surface area contributed by atoms with Gasteiger partial charge in [-0.2, -0.15) is 0 Å². The second-order valence-electron chi connectivity index (χ2n) is 8.04. The predicted octanol–water partition coefficient (Wildman–Crippen LogP) is 5.57. The number of ether oxygens (including phenoxy) is 1. The SMILES string of the molecule is CCc1ccc(NC2=C(c3ccc(OC(C)C)cc3)C(=O)N(c3ccc(F)cc3)C2=O)cc1. The van der Waals surface area contributed by atoms with E-state index < -0.39 is 17.6 Å². The highest BCUT2D eigenvalue weighted by atomic mass is 19.1. The Morgan fingerprint density at radius 2 is 1.52 bits per heavy atom. The lowest BCUT2D eigenvalue weighted by Crippen LogP contribution is -2.32. The molecule has 4 rings (SSSR count). The summed E-state index contributed by atoms with van der Waals surface area (Å²) in [5.41, 5.74) is 3.17. The molecule has 1 aliphatic heterocycles. The van der Waals surface area contributed by atoms with Crippen molar-refractivity contribution in [3.05, 3.63) is 95.4 Å². The first-order chi connectivity index (χ1) is 15.9. The van der Waals surface area contributed by atoms with Crippen molar-refractivity contribution in [3.63, 3.8) is 0 Å². The Morgan fingerprint density at radius 3 is 2.09 bits per heavy atom. The molecule has 1 aliphatic rings. The van der Waals surface area contributed by atoms with Crippen LogP contribution in [0.25, 0.3) is 5.57 Å². The number of nitrogens with zero attached hydrogens (tertiary/aromatic N) is 1. The van der Waals surface area contributed by atoms with E-state index in [4.69, 9.17) is 4.74 Å². The first kappa shape index (κ1) is 22.3. The van der Waals surface area contributed by atoms with Crippen LogP contribution in [0, 0.1) is 5.82 Å². The molecule has 168 valence electrons. The van der Waals surface area contributed by atoms with E-state index in [0.29, 0.717) is 22.7 Å². The van der Waals surface area contributed by atoms with Gasteiger partial charge in [0, 0.05) is 5.69 Å². The molecule has 1 heterocycles. The summed E-state index contributed by atoms with van der Waals surface area (Å²) in [5.74, 6) is -0.743. The van der Waals surface area contributed by atoms with Crippen molar-refractivity contribution in [1.82, 2.24) is 0 Å². The van der Waals surface area contributed by atoms with Gasteiger partial charge < -0.3 is 10.1 Å². The summed E-state index contributed by atoms with van der Waals surface area (Å²) in [5, 5.41) is 3.14. The van der Waals surface area contributed by atoms with E-state index in [2.05, 4.69) is 12.2 Å². The van der Waals surface area contributed by atoms with Gasteiger partial charge in [-0.15, -0.1) is 0 Å². The molecular weight excluding hydrogens is 419 g/mol. The maximum atomic E-state index is 13.4. The summed E-state index contributed by atoms with van der Waals surface area (Å²) in [7, 11) is 0. The number of carbonyl (C=O) groups is 2. The molecule has 0 saturated carbocycles. The van der Waals surface area contributed by atoms with E-state index in [1.54, 1.807) is 24.3 Å². The summed E-state index contributed by atoms with van der Waals surface area (Å²) in [6.07, 6.45) is 0.913. The highest BCUT2D eigenvalue weighted by Crippen LogP contribution is 2.34. The fourth-order valence-corrected chi connectivity index (χ4v) is 3.68. The van der Waals surface area contributed by atoms with Crippen molar-refractivity contribution in [2.24, 2.45) is 0 Å². The number of hydrogen-bond acceptors (Lipinski definition) is 4. The summed E-state index contributed by atoms with van der Waals surface area (Å²) in [6, 6.07) is 20.0. The lowest BCUT2D eigenvalue weighted by atomic mass is 10.0. The normalized spacial score (nSPS) is 13.8. The maximum absolute atomic E-state index is 13.4. The van der Waals surface area contributed by atoms with Gasteiger partial charge in [0.15, 0.2) is 0 Å². The number of nitrogens with one attached hydrogen (secondary N) is 1. The Bertz CT molecular complexity index is 1200. The van der Waals surface area contributed by atoms with Crippen LogP contribution in [0.3, 0.4) is 0 Å². The molecule has 2 amide bonds. The highest BCUT2D eigenvalue weighted by Gasteiger charge is 2.40. The zero-order valence-corrected chi connectivity index (χ0v) is 18.8. The van der Waals surface area contributed by atoms with Gasteiger partial charge in [-0.3, -0.25) is 9.59 Å². The molecule has 0 radical (unpaired) electrons. The van der Waals surface area contributed by atoms with Crippen LogP contribution >= 0.6 is 0 Å². The highest BCUT2D eigenvalue weighted by molar-refractivity contribution is 6.46. The van der Waals surface area contributed by atoms with Crippen molar-refractivity contribution in [2.45, 2.75) is 33.3 Å². The standard InChI is InChI=1S/C27H25FN2O3/c1-4-18-5-11-21(12-6-18)29-25-24(19-7-15-23(16-8-19)33-17(2)3)26(31)30(27(25)32)22-13-9-20(28)10-14-22/h5-17,29H,4H2,1-3H3. The Labute approximate surface area is 192 Å². The van der Waals surface area contributed by atoms with Gasteiger partial charge in [0.25, 0.3) is 11.8 Å². The third-order valence-electron chi connectivity index (χ3n) is 5.32. The number of hydrogen-bond donors (Lipinski definition) is 1. The Kier molecular flexibility index (Phi) is 6.27. The van der Waals surface area contributed by atoms with E-state index in [9.17, 15) is 14.0 Å². The van der Waals surface area contributed by atoms with E-state index >= 15 is 0 Å². The smallest absolute Gasteiger partial charge is 0.282 e. The molecular formula is C27H25FN2O3. The maximum Gasteiger partial charge on any atom is 0.282 e. The number of rotatable bonds is 7. The van der Waals surface area contributed by atoms with E-state index in [1.807, 2.05) is 38.1 Å². The van der Waals surface area contributed by atoms with Crippen molar-refractivity contribution in [3.8, 4) is 5.75 Å². The molecule has 0 spiro atoms. The molecule has 0 atom stereocenters. The number of imide groups is 1. The summed E-state index contributed by atoms with van der Waals surface area (Å²) >= 11 is 0. The van der Waals surface area contributed by atoms with Crippen LogP contribution in [0.15, 0.2) is 78.5 Å². The fraction of sp³-hybridized carbons (Fsp3) is 0.185. The summed E-state index contributed by atoms with van der Waals surface area (Å²) < 4.78 is 19.1. The van der Waals surface area contributed by atoms with Crippen LogP contribution in [-0.2, 0) is 16.0 Å². The molecule has 0 fully saturated rings. The van der Waals surface area contributed by atoms with Crippen LogP contribution in [-0.4, -0.2) is 17.9 Å². The van der Waals surface area contributed by atoms with Gasteiger partial charge >= 0.3 is 0 Å². The van der Waals surface area contributed by atoms with Gasteiger partial charge in [-0.25, -0.2) is 9.29 Å². The van der Waals surface area contributed by atoms with E-state index in [-0.39, 0.29) is 17.4 Å². The predicted molar refractivity (Wildman–Crippen MR) is 127 cm³/mol. The summed E-state index contributed by atoms with van der Waals surface area (Å²) in [6.45, 7) is 5.93. The van der Waals surface area contributed by atoms with Crippen LogP contribution < -0.4 is 15.0 Å². The second kappa shape index (κ2) is 9.28. The first-order valence-corrected chi connectivity index (χ1v) is 10.9. The molecule has 33 heavy (non-hydrogen) atoms. The number of anilines is 2. The Balaban J connectivity index is 1.75. The van der Waals surface area contributed by atoms with Crippen molar-refractivity contribution >= 4 is 28.8 Å². The van der Waals surface area contributed by atoms with Gasteiger partial charge in [-0.1, -0.05) is 31.2 Å². The van der Waals surface area contributed by atoms with Gasteiger partial charge in [0.05, 0.1) is 17.4 Å². The van der Waals surface area contributed by atoms with E-state index in [0.717, 1.165) is 16.9 Å². The zero-order chi connectivity index (χ0) is 23.5. The van der Waals surface area contributed by atoms with Crippen LogP contribution in [0.1, 0.15) is 31.9 Å². The lowest BCUT2D eigenvalue weighted by molar-refractivity contribution is -0.120. The van der Waals surface area contributed by atoms with Crippen LogP contribution in [0.4, 0.5) is 15.8 Å². The third kappa shape index (κ3) is 4.65. The Morgan fingerprint density at radius 1 is 0.879 bits per heavy atom. The fourth-order valence-electron chi connectivity index (χ4n) is 3.68. The second-order valence-corrected chi connectivity index (χ2v) is 8.04. The number of carbonyl (C=O) groups excluding carboxylic acids is 2. The van der Waals surface area contributed by atoms with Gasteiger partial charge in [0.2, 0.25) is 0 Å². The minimum atomic E-state index is -0.497. The van der Waals surface area contributed by atoms with Crippen LogP contribution in [0.2, 0.25) is 0 Å². The number of benzene rings is 3. The summed E-state index contributed by atoms with van der Waals surface area (Å²) in [4.78, 5) is 27.9. The Hall–Kier alpha value is -3.93. The number of halogens is 1. The largest absolute Gasteiger partial charge is 0.491 e. The average molecular weight is 445 g/mol. The van der Waals surface area contributed by atoms with Gasteiger partial charge in [0.1, 0.15) is 17.3 Å². The molecule has 5 nitrogen and oxygen atoms in total. The zero-order valence-electron chi connectivity index (χ0n) is 18.8. The quantitative estimate of drug-likeness (QED) is 0.484. The minimum Gasteiger partial charge on any atom is -0.491 e. The molecule has 0 aromatic heterocycles. The molecule has 0 aliphatic carbocycles. The molecule has 1 N–H and O–H groups in total. The molecule has 6 heteroatoms. The van der Waals surface area contributed by atoms with Gasteiger partial charge in [-0.05, 0) is 79.9 Å². The van der Waals surface area contributed by atoms with Crippen molar-refractivity contribution in [2.75, 3.05) is 10.2 Å². The number of aryl methyl sites for hydroxylation is 1. The molecule has 3 aromatic carbocycles. The van der Waals surface area contributed by atoms with Crippen molar-refractivity contribution in [1.29, 1.82) is 0 Å². The lowest BCUT2D eigenvalue weighted by Gasteiger charge is -2.15. The monoisotopic (exact) mass is 444 g/mol. The van der Waals surface area contributed by atoms with E-state index in [1.165, 1.54) is 24.3 Å². The third-order valence-corrected chi connectivity index (χ3v) is 5.32. The molecule has 3 aromatic rings. The molecule has 0 bridgehead atoms. The minimum absolute atomic E-state index is 0.0158. The molecule has 0 saturated heterocycles. The first-order valence-electron chi connectivity index (χ1n) is 10.9. The number of amides is 2. The molecule has 0 unspecified atom stereocenters. The topological polar surface area (TPSA) is 58.6 Å².